The van der Waals surface area contributed by atoms with Crippen molar-refractivity contribution >= 4 is 11.6 Å². The largest absolute Gasteiger partial charge is 0.405 e. The van der Waals surface area contributed by atoms with Crippen LogP contribution in [0.3, 0.4) is 0 Å². The second kappa shape index (κ2) is 6.08. The molecule has 0 atom stereocenters. The van der Waals surface area contributed by atoms with Gasteiger partial charge in [0.2, 0.25) is 0 Å². The molecule has 4 nitrogen and oxygen atoms in total. The van der Waals surface area contributed by atoms with E-state index < -0.39 is 12.7 Å². The van der Waals surface area contributed by atoms with E-state index in [9.17, 15) is 13.2 Å². The van der Waals surface area contributed by atoms with Crippen molar-refractivity contribution in [2.75, 3.05) is 30.4 Å². The maximum atomic E-state index is 12.6. The smallest absolute Gasteiger partial charge is 0.373 e. The SMILES string of the molecule is CCCN(CC(F)(F)F)c1nc(C)nc(NC)c1C. The molecule has 0 aromatic carbocycles. The lowest BCUT2D eigenvalue weighted by Gasteiger charge is -2.26. The number of nitrogens with one attached hydrogen (secondary N) is 1. The number of rotatable bonds is 5. The molecule has 0 radical (unpaired) electrons. The minimum absolute atomic E-state index is 0.306. The van der Waals surface area contributed by atoms with Crippen molar-refractivity contribution in [1.29, 1.82) is 0 Å². The third kappa shape index (κ3) is 4.25. The average Bonchev–Trinajstić information content (AvgIpc) is 2.29. The number of halogens is 3. The Morgan fingerprint density at radius 1 is 1.21 bits per heavy atom. The zero-order valence-corrected chi connectivity index (χ0v) is 11.6. The number of alkyl halides is 3. The van der Waals surface area contributed by atoms with Gasteiger partial charge in [-0.25, -0.2) is 9.97 Å². The Bertz CT molecular complexity index is 432. The Morgan fingerprint density at radius 2 is 1.84 bits per heavy atom. The summed E-state index contributed by atoms with van der Waals surface area (Å²) in [5, 5.41) is 2.88. The molecule has 0 saturated heterocycles. The van der Waals surface area contributed by atoms with E-state index in [2.05, 4.69) is 15.3 Å². The highest BCUT2D eigenvalue weighted by Gasteiger charge is 2.32. The van der Waals surface area contributed by atoms with Crippen molar-refractivity contribution in [1.82, 2.24) is 9.97 Å². The van der Waals surface area contributed by atoms with Crippen LogP contribution in [0.25, 0.3) is 0 Å². The molecule has 0 aliphatic carbocycles. The predicted molar refractivity (Wildman–Crippen MR) is 69.6 cm³/mol. The number of hydrogen-bond acceptors (Lipinski definition) is 4. The fraction of sp³-hybridized carbons (Fsp3) is 0.667. The van der Waals surface area contributed by atoms with Crippen LogP contribution in [0.1, 0.15) is 24.7 Å². The molecule has 1 aromatic heterocycles. The quantitative estimate of drug-likeness (QED) is 0.897. The summed E-state index contributed by atoms with van der Waals surface area (Å²) >= 11 is 0. The van der Waals surface area contributed by atoms with E-state index in [-0.39, 0.29) is 0 Å². The molecule has 0 unspecified atom stereocenters. The van der Waals surface area contributed by atoms with Gasteiger partial charge in [0.25, 0.3) is 0 Å². The second-order valence-electron chi connectivity index (χ2n) is 4.35. The molecule has 7 heteroatoms. The molecule has 1 heterocycles. The molecular formula is C12H19F3N4. The first-order valence-electron chi connectivity index (χ1n) is 6.13. The summed E-state index contributed by atoms with van der Waals surface area (Å²) in [7, 11) is 1.69. The highest BCUT2D eigenvalue weighted by atomic mass is 19.4. The Morgan fingerprint density at radius 3 is 2.32 bits per heavy atom. The van der Waals surface area contributed by atoms with Gasteiger partial charge in [-0.2, -0.15) is 13.2 Å². The lowest BCUT2D eigenvalue weighted by atomic mass is 10.2. The highest BCUT2D eigenvalue weighted by molar-refractivity contribution is 5.58. The number of hydrogen-bond donors (Lipinski definition) is 1. The Balaban J connectivity index is 3.18. The molecule has 0 fully saturated rings. The van der Waals surface area contributed by atoms with Crippen LogP contribution in [0.15, 0.2) is 0 Å². The summed E-state index contributed by atoms with van der Waals surface area (Å²) in [5.74, 6) is 1.36. The van der Waals surface area contributed by atoms with E-state index in [4.69, 9.17) is 0 Å². The average molecular weight is 276 g/mol. The Hall–Kier alpha value is -1.53. The second-order valence-corrected chi connectivity index (χ2v) is 4.35. The Labute approximate surface area is 111 Å². The monoisotopic (exact) mass is 276 g/mol. The first-order valence-corrected chi connectivity index (χ1v) is 6.13. The summed E-state index contributed by atoms with van der Waals surface area (Å²) in [6, 6.07) is 0. The predicted octanol–water partition coefficient (Wildman–Crippen LogP) is 2.91. The number of anilines is 2. The molecule has 0 aliphatic rings. The molecule has 0 saturated carbocycles. The zero-order valence-electron chi connectivity index (χ0n) is 11.6. The molecule has 0 bridgehead atoms. The first kappa shape index (κ1) is 15.5. The van der Waals surface area contributed by atoms with E-state index in [0.717, 1.165) is 0 Å². The van der Waals surface area contributed by atoms with Crippen LogP contribution in [0.4, 0.5) is 24.8 Å². The third-order valence-corrected chi connectivity index (χ3v) is 2.63. The van der Waals surface area contributed by atoms with Crippen LogP contribution in [0.2, 0.25) is 0 Å². The van der Waals surface area contributed by atoms with Gasteiger partial charge in [0, 0.05) is 19.2 Å². The van der Waals surface area contributed by atoms with E-state index >= 15 is 0 Å². The van der Waals surface area contributed by atoms with Crippen LogP contribution in [-0.2, 0) is 0 Å². The van der Waals surface area contributed by atoms with Crippen molar-refractivity contribution in [2.24, 2.45) is 0 Å². The fourth-order valence-corrected chi connectivity index (χ4v) is 1.91. The van der Waals surface area contributed by atoms with Crippen molar-refractivity contribution < 1.29 is 13.2 Å². The van der Waals surface area contributed by atoms with Gasteiger partial charge >= 0.3 is 6.18 Å². The van der Waals surface area contributed by atoms with Gasteiger partial charge in [-0.3, -0.25) is 0 Å². The minimum atomic E-state index is -4.25. The van der Waals surface area contributed by atoms with E-state index in [1.54, 1.807) is 20.9 Å². The van der Waals surface area contributed by atoms with Crippen LogP contribution >= 0.6 is 0 Å². The third-order valence-electron chi connectivity index (χ3n) is 2.63. The normalized spacial score (nSPS) is 11.5. The fourth-order valence-electron chi connectivity index (χ4n) is 1.91. The maximum Gasteiger partial charge on any atom is 0.405 e. The summed E-state index contributed by atoms with van der Waals surface area (Å²) in [6.07, 6.45) is -3.63. The Kier molecular flexibility index (Phi) is 4.97. The highest BCUT2D eigenvalue weighted by Crippen LogP contribution is 2.26. The van der Waals surface area contributed by atoms with Gasteiger partial charge in [0.05, 0.1) is 0 Å². The molecule has 19 heavy (non-hydrogen) atoms. The molecule has 108 valence electrons. The van der Waals surface area contributed by atoms with Crippen molar-refractivity contribution in [2.45, 2.75) is 33.4 Å². The zero-order chi connectivity index (χ0) is 14.6. The lowest BCUT2D eigenvalue weighted by molar-refractivity contribution is -0.119. The summed E-state index contributed by atoms with van der Waals surface area (Å²) in [5.41, 5.74) is 0.630. The van der Waals surface area contributed by atoms with E-state index in [1.165, 1.54) is 4.90 Å². The van der Waals surface area contributed by atoms with Crippen molar-refractivity contribution in [3.8, 4) is 0 Å². The van der Waals surface area contributed by atoms with Crippen molar-refractivity contribution in [3.63, 3.8) is 0 Å². The molecule has 1 N–H and O–H groups in total. The van der Waals surface area contributed by atoms with Crippen LogP contribution < -0.4 is 10.2 Å². The van der Waals surface area contributed by atoms with Gasteiger partial charge in [0.15, 0.2) is 0 Å². The minimum Gasteiger partial charge on any atom is -0.373 e. The van der Waals surface area contributed by atoms with Gasteiger partial charge in [-0.1, -0.05) is 6.92 Å². The van der Waals surface area contributed by atoms with Crippen LogP contribution in [0.5, 0.6) is 0 Å². The summed E-state index contributed by atoms with van der Waals surface area (Å²) in [6.45, 7) is 4.54. The molecule has 0 amide bonds. The molecule has 1 aromatic rings. The summed E-state index contributed by atoms with van der Waals surface area (Å²) in [4.78, 5) is 9.57. The van der Waals surface area contributed by atoms with Gasteiger partial charge < -0.3 is 10.2 Å². The summed E-state index contributed by atoms with van der Waals surface area (Å²) < 4.78 is 37.9. The number of nitrogens with zero attached hydrogens (tertiary/aromatic N) is 3. The van der Waals surface area contributed by atoms with E-state index in [1.807, 2.05) is 6.92 Å². The van der Waals surface area contributed by atoms with Crippen LogP contribution in [0, 0.1) is 13.8 Å². The first-order chi connectivity index (χ1) is 8.78. The topological polar surface area (TPSA) is 41.1 Å². The maximum absolute atomic E-state index is 12.6. The molecule has 1 rings (SSSR count). The lowest BCUT2D eigenvalue weighted by Crippen LogP contribution is -2.36. The number of aromatic nitrogens is 2. The molecular weight excluding hydrogens is 257 g/mol. The standard InChI is InChI=1S/C12H19F3N4/c1-5-6-19(7-12(13,14)15)11-8(2)10(16-4)17-9(3)18-11/h5-7H2,1-4H3,(H,16,17,18). The number of aryl methyl sites for hydroxylation is 1. The van der Waals surface area contributed by atoms with Crippen molar-refractivity contribution in [3.05, 3.63) is 11.4 Å². The molecule has 0 spiro atoms. The van der Waals surface area contributed by atoms with Crippen LogP contribution in [-0.4, -0.2) is 36.3 Å². The van der Waals surface area contributed by atoms with Gasteiger partial charge in [-0.15, -0.1) is 0 Å². The van der Waals surface area contributed by atoms with E-state index in [0.29, 0.717) is 36.0 Å². The molecule has 0 aliphatic heterocycles. The van der Waals surface area contributed by atoms with Gasteiger partial charge in [-0.05, 0) is 20.3 Å². The van der Waals surface area contributed by atoms with Gasteiger partial charge in [0.1, 0.15) is 24.0 Å².